The number of likely N-dealkylation sites (tertiary alicyclic amines) is 1. The van der Waals surface area contributed by atoms with Crippen molar-refractivity contribution in [2.45, 2.75) is 26.7 Å². The van der Waals surface area contributed by atoms with Gasteiger partial charge in [-0.3, -0.25) is 14.5 Å². The lowest BCUT2D eigenvalue weighted by molar-refractivity contribution is -0.127. The second-order valence-corrected chi connectivity index (χ2v) is 5.86. The second kappa shape index (κ2) is 7.38. The van der Waals surface area contributed by atoms with Gasteiger partial charge >= 0.3 is 0 Å². The number of benzene rings is 1. The van der Waals surface area contributed by atoms with E-state index in [1.54, 1.807) is 36.1 Å². The Balaban J connectivity index is 1.93. The molecule has 2 aromatic rings. The van der Waals surface area contributed by atoms with E-state index < -0.39 is 0 Å². The molecule has 25 heavy (non-hydrogen) atoms. The van der Waals surface area contributed by atoms with Gasteiger partial charge in [0.1, 0.15) is 18.2 Å². The van der Waals surface area contributed by atoms with Crippen molar-refractivity contribution in [3.8, 4) is 5.75 Å². The monoisotopic (exact) mass is 343 g/mol. The van der Waals surface area contributed by atoms with Crippen molar-refractivity contribution in [2.24, 2.45) is 0 Å². The molecule has 0 bridgehead atoms. The van der Waals surface area contributed by atoms with Crippen LogP contribution in [0.15, 0.2) is 34.9 Å². The molecule has 1 fully saturated rings. The third-order valence-electron chi connectivity index (χ3n) is 4.04. The minimum atomic E-state index is -0.281. The van der Waals surface area contributed by atoms with Crippen molar-refractivity contribution < 1.29 is 18.8 Å². The summed E-state index contributed by atoms with van der Waals surface area (Å²) in [7, 11) is 0. The molecule has 1 saturated heterocycles. The summed E-state index contributed by atoms with van der Waals surface area (Å²) in [5, 5.41) is 3.96. The molecule has 0 spiro atoms. The van der Waals surface area contributed by atoms with Crippen LogP contribution in [0, 0.1) is 6.92 Å². The van der Waals surface area contributed by atoms with E-state index in [1.165, 1.54) is 4.90 Å². The third kappa shape index (κ3) is 3.65. The highest BCUT2D eigenvalue weighted by Gasteiger charge is 2.29. The summed E-state index contributed by atoms with van der Waals surface area (Å²) in [5.74, 6) is 1.24. The molecule has 0 radical (unpaired) electrons. The van der Waals surface area contributed by atoms with Crippen LogP contribution in [0.1, 0.15) is 35.9 Å². The minimum absolute atomic E-state index is 0.0381. The van der Waals surface area contributed by atoms with Crippen molar-refractivity contribution in [2.75, 3.05) is 24.7 Å². The van der Waals surface area contributed by atoms with Crippen molar-refractivity contribution in [3.05, 3.63) is 41.7 Å². The molecule has 1 aliphatic heterocycles. The molecule has 0 aliphatic carbocycles. The summed E-state index contributed by atoms with van der Waals surface area (Å²) in [5.41, 5.74) is 0.427. The number of amides is 2. The number of carbonyl (C=O) groups is 2. The van der Waals surface area contributed by atoms with Crippen LogP contribution in [0.25, 0.3) is 0 Å². The predicted molar refractivity (Wildman–Crippen MR) is 91.5 cm³/mol. The average Bonchev–Trinajstić information content (AvgIpc) is 3.21. The quantitative estimate of drug-likeness (QED) is 0.806. The van der Waals surface area contributed by atoms with E-state index in [2.05, 4.69) is 5.16 Å². The number of rotatable bonds is 6. The van der Waals surface area contributed by atoms with Crippen molar-refractivity contribution in [3.63, 3.8) is 0 Å². The minimum Gasteiger partial charge on any atom is -0.493 e. The zero-order chi connectivity index (χ0) is 17.8. The van der Waals surface area contributed by atoms with Gasteiger partial charge in [-0.2, -0.15) is 0 Å². The Morgan fingerprint density at radius 2 is 2.20 bits per heavy atom. The van der Waals surface area contributed by atoms with Gasteiger partial charge in [-0.25, -0.2) is 0 Å². The number of aromatic nitrogens is 1. The second-order valence-electron chi connectivity index (χ2n) is 5.86. The molecule has 0 atom stereocenters. The number of ether oxygens (including phenoxy) is 1. The van der Waals surface area contributed by atoms with Gasteiger partial charge in [0, 0.05) is 19.0 Å². The Kier molecular flexibility index (Phi) is 5.02. The largest absolute Gasteiger partial charge is 0.493 e. The number of para-hydroxylation sites is 1. The highest BCUT2D eigenvalue weighted by atomic mass is 16.5. The van der Waals surface area contributed by atoms with Gasteiger partial charge in [0.05, 0.1) is 12.2 Å². The highest BCUT2D eigenvalue weighted by molar-refractivity contribution is 6.07. The van der Waals surface area contributed by atoms with Crippen LogP contribution in [0.2, 0.25) is 0 Å². The summed E-state index contributed by atoms with van der Waals surface area (Å²) in [6.45, 7) is 4.85. The van der Waals surface area contributed by atoms with E-state index in [9.17, 15) is 9.59 Å². The molecular formula is C18H21N3O4. The molecule has 1 aromatic carbocycles. The smallest absolute Gasteiger partial charge is 0.264 e. The molecule has 2 heterocycles. The van der Waals surface area contributed by atoms with Gasteiger partial charge < -0.3 is 14.2 Å². The van der Waals surface area contributed by atoms with Crippen LogP contribution in [0.4, 0.5) is 5.82 Å². The molecule has 7 nitrogen and oxygen atoms in total. The maximum Gasteiger partial charge on any atom is 0.264 e. The molecule has 7 heteroatoms. The Labute approximate surface area is 146 Å². The Bertz CT molecular complexity index is 771. The topological polar surface area (TPSA) is 75.9 Å². The Hall–Kier alpha value is -2.83. The van der Waals surface area contributed by atoms with Crippen LogP contribution in [0.3, 0.4) is 0 Å². The van der Waals surface area contributed by atoms with Crippen LogP contribution in [-0.2, 0) is 4.79 Å². The number of carbonyl (C=O) groups excluding carboxylic acids is 2. The maximum atomic E-state index is 13.2. The molecule has 3 rings (SSSR count). The van der Waals surface area contributed by atoms with Crippen molar-refractivity contribution >= 4 is 17.6 Å². The van der Waals surface area contributed by atoms with Gasteiger partial charge in [-0.05, 0) is 32.4 Å². The summed E-state index contributed by atoms with van der Waals surface area (Å²) in [4.78, 5) is 28.3. The van der Waals surface area contributed by atoms with E-state index in [0.29, 0.717) is 42.5 Å². The number of aryl methyl sites for hydroxylation is 1. The van der Waals surface area contributed by atoms with Gasteiger partial charge in [0.2, 0.25) is 5.91 Å². The summed E-state index contributed by atoms with van der Waals surface area (Å²) < 4.78 is 10.7. The van der Waals surface area contributed by atoms with E-state index >= 15 is 0 Å². The summed E-state index contributed by atoms with van der Waals surface area (Å²) >= 11 is 0. The molecule has 0 saturated carbocycles. The lowest BCUT2D eigenvalue weighted by Crippen LogP contribution is -2.42. The average molecular weight is 343 g/mol. The fourth-order valence-electron chi connectivity index (χ4n) is 2.82. The predicted octanol–water partition coefficient (Wildman–Crippen LogP) is 2.61. The van der Waals surface area contributed by atoms with E-state index in [4.69, 9.17) is 9.26 Å². The molecule has 0 unspecified atom stereocenters. The molecule has 1 aliphatic rings. The third-order valence-corrected chi connectivity index (χ3v) is 4.04. The number of anilines is 1. The molecule has 1 aromatic heterocycles. The van der Waals surface area contributed by atoms with E-state index in [0.717, 1.165) is 6.42 Å². The maximum absolute atomic E-state index is 13.2. The summed E-state index contributed by atoms with van der Waals surface area (Å²) in [6, 6.07) is 8.74. The first-order valence-corrected chi connectivity index (χ1v) is 8.35. The highest BCUT2D eigenvalue weighted by Crippen LogP contribution is 2.24. The number of hydrogen-bond donors (Lipinski definition) is 0. The SMILES string of the molecule is CCOc1ccccc1C(=O)N(CN1CCCC1=O)c1cc(C)on1. The van der Waals surface area contributed by atoms with Gasteiger partial charge in [-0.15, -0.1) is 0 Å². The van der Waals surface area contributed by atoms with Gasteiger partial charge in [-0.1, -0.05) is 17.3 Å². The number of hydrogen-bond acceptors (Lipinski definition) is 5. The number of nitrogens with zero attached hydrogens (tertiary/aromatic N) is 3. The van der Waals surface area contributed by atoms with Crippen molar-refractivity contribution in [1.82, 2.24) is 10.1 Å². The Morgan fingerprint density at radius 3 is 2.84 bits per heavy atom. The standard InChI is InChI=1S/C18H21N3O4/c1-3-24-15-8-5-4-7-14(15)18(23)21(16-11-13(2)25-19-16)12-20-10-6-9-17(20)22/h4-5,7-8,11H,3,6,9-10,12H2,1-2H3. The zero-order valence-corrected chi connectivity index (χ0v) is 14.4. The first-order chi connectivity index (χ1) is 12.1. The van der Waals surface area contributed by atoms with E-state index in [-0.39, 0.29) is 18.5 Å². The van der Waals surface area contributed by atoms with Gasteiger partial charge in [0.25, 0.3) is 5.91 Å². The summed E-state index contributed by atoms with van der Waals surface area (Å²) in [6.07, 6.45) is 1.31. The van der Waals surface area contributed by atoms with Gasteiger partial charge in [0.15, 0.2) is 5.82 Å². The lowest BCUT2D eigenvalue weighted by atomic mass is 10.1. The van der Waals surface area contributed by atoms with Crippen molar-refractivity contribution in [1.29, 1.82) is 0 Å². The molecular weight excluding hydrogens is 322 g/mol. The normalized spacial score (nSPS) is 14.0. The van der Waals surface area contributed by atoms with Crippen LogP contribution < -0.4 is 9.64 Å². The Morgan fingerprint density at radius 1 is 1.40 bits per heavy atom. The fourth-order valence-corrected chi connectivity index (χ4v) is 2.82. The van der Waals surface area contributed by atoms with Crippen LogP contribution in [0.5, 0.6) is 5.75 Å². The first-order valence-electron chi connectivity index (χ1n) is 8.35. The zero-order valence-electron chi connectivity index (χ0n) is 14.4. The fraction of sp³-hybridized carbons (Fsp3) is 0.389. The van der Waals surface area contributed by atoms with Crippen LogP contribution in [-0.4, -0.2) is 41.7 Å². The van der Waals surface area contributed by atoms with E-state index in [1.807, 2.05) is 13.0 Å². The molecule has 0 N–H and O–H groups in total. The molecule has 132 valence electrons. The lowest BCUT2D eigenvalue weighted by Gasteiger charge is -2.26. The first kappa shape index (κ1) is 17.0. The van der Waals surface area contributed by atoms with Crippen LogP contribution >= 0.6 is 0 Å². The molecule has 2 amide bonds.